The second-order valence-corrected chi connectivity index (χ2v) is 8.04. The maximum absolute atomic E-state index is 13.1. The number of nitrogens with one attached hydrogen (secondary N) is 1. The number of likely N-dealkylation sites (N-methyl/N-ethyl adjacent to an activating group) is 1. The average molecular weight is 425 g/mol. The quantitative estimate of drug-likeness (QED) is 0.544. The number of amides is 2. The summed E-state index contributed by atoms with van der Waals surface area (Å²) in [6, 6.07) is 19.1. The SMILES string of the molecule is Cc1cc2n(n1)CCC(NC(=O)c1cc3c(-c4ccccc4)cccc3cn1)C(=O)N2C. The Balaban J connectivity index is 1.43. The maximum Gasteiger partial charge on any atom is 0.270 e. The van der Waals surface area contributed by atoms with Crippen LogP contribution in [0.3, 0.4) is 0 Å². The van der Waals surface area contributed by atoms with Gasteiger partial charge in [-0.1, -0.05) is 48.5 Å². The van der Waals surface area contributed by atoms with E-state index in [-0.39, 0.29) is 17.5 Å². The fourth-order valence-corrected chi connectivity index (χ4v) is 4.22. The zero-order chi connectivity index (χ0) is 22.2. The molecule has 1 aliphatic rings. The molecular weight excluding hydrogens is 402 g/mol. The lowest BCUT2D eigenvalue weighted by Gasteiger charge is -2.20. The van der Waals surface area contributed by atoms with Crippen molar-refractivity contribution in [1.29, 1.82) is 0 Å². The number of pyridine rings is 1. The molecule has 1 N–H and O–H groups in total. The highest BCUT2D eigenvalue weighted by atomic mass is 16.2. The lowest BCUT2D eigenvalue weighted by Crippen LogP contribution is -2.46. The number of rotatable bonds is 3. The van der Waals surface area contributed by atoms with Gasteiger partial charge in [0.2, 0.25) is 0 Å². The van der Waals surface area contributed by atoms with Gasteiger partial charge in [-0.25, -0.2) is 4.68 Å². The second kappa shape index (κ2) is 7.92. The summed E-state index contributed by atoms with van der Waals surface area (Å²) in [5, 5.41) is 9.22. The molecule has 4 aromatic rings. The number of aryl methyl sites for hydroxylation is 2. The van der Waals surface area contributed by atoms with Crippen molar-refractivity contribution in [3.8, 4) is 11.1 Å². The lowest BCUT2D eigenvalue weighted by atomic mass is 9.99. The number of aromatic nitrogens is 3. The van der Waals surface area contributed by atoms with Gasteiger partial charge in [-0.15, -0.1) is 0 Å². The second-order valence-electron chi connectivity index (χ2n) is 8.04. The molecule has 1 atom stereocenters. The first kappa shape index (κ1) is 19.9. The third-order valence-corrected chi connectivity index (χ3v) is 5.87. The van der Waals surface area contributed by atoms with Gasteiger partial charge in [0.25, 0.3) is 11.8 Å². The zero-order valence-corrected chi connectivity index (χ0v) is 17.9. The highest BCUT2D eigenvalue weighted by molar-refractivity contribution is 6.04. The molecule has 0 fully saturated rings. The van der Waals surface area contributed by atoms with Gasteiger partial charge in [0.05, 0.1) is 5.69 Å². The van der Waals surface area contributed by atoms with Crippen LogP contribution in [0, 0.1) is 6.92 Å². The maximum atomic E-state index is 13.1. The summed E-state index contributed by atoms with van der Waals surface area (Å²) >= 11 is 0. The Morgan fingerprint density at radius 3 is 2.72 bits per heavy atom. The van der Waals surface area contributed by atoms with Crippen molar-refractivity contribution in [1.82, 2.24) is 20.1 Å². The average Bonchev–Trinajstić information content (AvgIpc) is 3.16. The Labute approximate surface area is 185 Å². The van der Waals surface area contributed by atoms with Crippen LogP contribution in [0.25, 0.3) is 21.9 Å². The predicted molar refractivity (Wildman–Crippen MR) is 123 cm³/mol. The van der Waals surface area contributed by atoms with Crippen molar-refractivity contribution in [3.05, 3.63) is 78.2 Å². The van der Waals surface area contributed by atoms with Crippen molar-refractivity contribution in [3.63, 3.8) is 0 Å². The number of hydrogen-bond acceptors (Lipinski definition) is 4. The number of carbonyl (C=O) groups excluding carboxylic acids is 2. The van der Waals surface area contributed by atoms with E-state index in [1.165, 1.54) is 0 Å². The summed E-state index contributed by atoms with van der Waals surface area (Å²) < 4.78 is 1.81. The first-order chi connectivity index (χ1) is 15.5. The molecule has 0 radical (unpaired) electrons. The zero-order valence-electron chi connectivity index (χ0n) is 17.9. The van der Waals surface area contributed by atoms with Crippen LogP contribution in [-0.2, 0) is 11.3 Å². The van der Waals surface area contributed by atoms with E-state index in [1.807, 2.05) is 61.5 Å². The molecule has 0 saturated carbocycles. The van der Waals surface area contributed by atoms with Crippen LogP contribution in [0.2, 0.25) is 0 Å². The van der Waals surface area contributed by atoms with Gasteiger partial charge in [0, 0.05) is 31.2 Å². The molecule has 1 unspecified atom stereocenters. The molecule has 32 heavy (non-hydrogen) atoms. The standard InChI is InChI=1S/C25H23N5O2/c1-16-13-23-29(2)25(32)21(11-12-30(23)28-16)27-24(31)22-14-20-18(15-26-22)9-6-10-19(20)17-7-4-3-5-8-17/h3-10,13-15,21H,11-12H2,1-2H3,(H,27,31). The summed E-state index contributed by atoms with van der Waals surface area (Å²) in [6.45, 7) is 2.45. The molecule has 2 aromatic carbocycles. The molecule has 2 aromatic heterocycles. The largest absolute Gasteiger partial charge is 0.339 e. The Bertz CT molecular complexity index is 1330. The summed E-state index contributed by atoms with van der Waals surface area (Å²) in [4.78, 5) is 32.0. The minimum absolute atomic E-state index is 0.164. The van der Waals surface area contributed by atoms with Crippen LogP contribution in [0.1, 0.15) is 22.6 Å². The number of hydrogen-bond donors (Lipinski definition) is 1. The molecule has 0 aliphatic carbocycles. The van der Waals surface area contributed by atoms with Gasteiger partial charge in [0.15, 0.2) is 0 Å². The number of carbonyl (C=O) groups is 2. The molecule has 0 spiro atoms. The highest BCUT2D eigenvalue weighted by Crippen LogP contribution is 2.28. The normalized spacial score (nSPS) is 16.0. The van der Waals surface area contributed by atoms with E-state index in [9.17, 15) is 9.59 Å². The van der Waals surface area contributed by atoms with Crippen molar-refractivity contribution < 1.29 is 9.59 Å². The van der Waals surface area contributed by atoms with Gasteiger partial charge in [-0.2, -0.15) is 5.10 Å². The number of fused-ring (bicyclic) bond motifs is 2. The molecule has 5 rings (SSSR count). The van der Waals surface area contributed by atoms with Crippen molar-refractivity contribution in [2.24, 2.45) is 0 Å². The highest BCUT2D eigenvalue weighted by Gasteiger charge is 2.30. The van der Waals surface area contributed by atoms with Crippen molar-refractivity contribution in [2.75, 3.05) is 11.9 Å². The number of benzene rings is 2. The van der Waals surface area contributed by atoms with E-state index in [0.29, 0.717) is 13.0 Å². The van der Waals surface area contributed by atoms with E-state index >= 15 is 0 Å². The topological polar surface area (TPSA) is 80.1 Å². The molecular formula is C25H23N5O2. The molecule has 2 amide bonds. The Morgan fingerprint density at radius 1 is 1.09 bits per heavy atom. The third kappa shape index (κ3) is 3.51. The van der Waals surface area contributed by atoms with E-state index in [0.717, 1.165) is 33.4 Å². The van der Waals surface area contributed by atoms with E-state index in [4.69, 9.17) is 0 Å². The van der Waals surface area contributed by atoms with Gasteiger partial charge in [-0.05, 0) is 35.9 Å². The summed E-state index contributed by atoms with van der Waals surface area (Å²) in [7, 11) is 1.71. The minimum Gasteiger partial charge on any atom is -0.339 e. The Hall–Kier alpha value is -4.00. The van der Waals surface area contributed by atoms with Gasteiger partial charge < -0.3 is 5.32 Å². The van der Waals surface area contributed by atoms with Crippen molar-refractivity contribution >= 4 is 28.4 Å². The van der Waals surface area contributed by atoms with Crippen LogP contribution in [0.4, 0.5) is 5.82 Å². The summed E-state index contributed by atoms with van der Waals surface area (Å²) in [5.41, 5.74) is 3.25. The number of nitrogens with zero attached hydrogens (tertiary/aromatic N) is 4. The fraction of sp³-hybridized carbons (Fsp3) is 0.200. The van der Waals surface area contributed by atoms with Crippen LogP contribution in [-0.4, -0.2) is 39.7 Å². The molecule has 7 heteroatoms. The summed E-state index contributed by atoms with van der Waals surface area (Å²) in [6.07, 6.45) is 2.17. The van der Waals surface area contributed by atoms with Crippen LogP contribution in [0.15, 0.2) is 66.9 Å². The smallest absolute Gasteiger partial charge is 0.270 e. The van der Waals surface area contributed by atoms with Gasteiger partial charge >= 0.3 is 0 Å². The van der Waals surface area contributed by atoms with Crippen LogP contribution >= 0.6 is 0 Å². The predicted octanol–water partition coefficient (Wildman–Crippen LogP) is 3.57. The van der Waals surface area contributed by atoms with Gasteiger partial charge in [0.1, 0.15) is 17.6 Å². The molecule has 0 bridgehead atoms. The summed E-state index contributed by atoms with van der Waals surface area (Å²) in [5.74, 6) is 0.209. The molecule has 0 saturated heterocycles. The molecule has 3 heterocycles. The van der Waals surface area contributed by atoms with Gasteiger partial charge in [-0.3, -0.25) is 19.5 Å². The number of anilines is 1. The first-order valence-electron chi connectivity index (χ1n) is 10.6. The molecule has 7 nitrogen and oxygen atoms in total. The van der Waals surface area contributed by atoms with E-state index in [2.05, 4.69) is 15.4 Å². The van der Waals surface area contributed by atoms with Crippen molar-refractivity contribution in [2.45, 2.75) is 25.9 Å². The molecule has 1 aliphatic heterocycles. The monoisotopic (exact) mass is 425 g/mol. The molecule has 160 valence electrons. The van der Waals surface area contributed by atoms with E-state index in [1.54, 1.807) is 28.9 Å². The minimum atomic E-state index is -0.642. The van der Waals surface area contributed by atoms with Crippen LogP contribution in [0.5, 0.6) is 0 Å². The van der Waals surface area contributed by atoms with E-state index < -0.39 is 6.04 Å². The Morgan fingerprint density at radius 2 is 1.91 bits per heavy atom. The third-order valence-electron chi connectivity index (χ3n) is 5.87. The lowest BCUT2D eigenvalue weighted by molar-refractivity contribution is -0.120. The Kier molecular flexibility index (Phi) is 4.93. The van der Waals surface area contributed by atoms with Crippen LogP contribution < -0.4 is 10.2 Å². The fourth-order valence-electron chi connectivity index (χ4n) is 4.22. The first-order valence-corrected chi connectivity index (χ1v) is 10.6.